The van der Waals surface area contributed by atoms with Crippen LogP contribution in [0.1, 0.15) is 59.2 Å². The molecule has 3 aromatic rings. The Labute approximate surface area is 201 Å². The standard InChI is InChI=1S/C28H25F3O4/c1-33-19-7-2-16(3-8-19)21-12-13-22(27(31)26(21)30)17-4-9-20(10-5-17)35-28(32)18-6-11-23(24(29)14-18)25-15-34-25/h2-3,6-8,11-14,17,20,25H,4-5,9-10,15H2,1H3. The van der Waals surface area contributed by atoms with Crippen LogP contribution in [0.15, 0.2) is 54.6 Å². The molecule has 1 aliphatic heterocycles. The number of carbonyl (C=O) groups is 1. The van der Waals surface area contributed by atoms with Crippen LogP contribution in [-0.2, 0) is 9.47 Å². The van der Waals surface area contributed by atoms with Gasteiger partial charge in [-0.2, -0.15) is 0 Å². The number of rotatable bonds is 6. The highest BCUT2D eigenvalue weighted by molar-refractivity contribution is 5.89. The van der Waals surface area contributed by atoms with Crippen molar-refractivity contribution in [2.75, 3.05) is 13.7 Å². The van der Waals surface area contributed by atoms with Gasteiger partial charge in [0.15, 0.2) is 11.6 Å². The van der Waals surface area contributed by atoms with Crippen LogP contribution in [0.25, 0.3) is 11.1 Å². The van der Waals surface area contributed by atoms with Gasteiger partial charge in [0.05, 0.1) is 19.3 Å². The first-order valence-corrected chi connectivity index (χ1v) is 11.7. The van der Waals surface area contributed by atoms with E-state index < -0.39 is 23.4 Å². The summed E-state index contributed by atoms with van der Waals surface area (Å²) in [5.74, 6) is -2.31. The van der Waals surface area contributed by atoms with Crippen molar-refractivity contribution in [3.05, 3.63) is 88.7 Å². The van der Waals surface area contributed by atoms with E-state index in [0.717, 1.165) is 0 Å². The predicted molar refractivity (Wildman–Crippen MR) is 124 cm³/mol. The molecular formula is C28H25F3O4. The fourth-order valence-corrected chi connectivity index (χ4v) is 4.73. The van der Waals surface area contributed by atoms with Gasteiger partial charge in [0.25, 0.3) is 0 Å². The summed E-state index contributed by atoms with van der Waals surface area (Å²) in [6.07, 6.45) is 1.58. The second kappa shape index (κ2) is 9.74. The van der Waals surface area contributed by atoms with Crippen LogP contribution in [0.5, 0.6) is 5.75 Å². The van der Waals surface area contributed by atoms with Crippen molar-refractivity contribution in [2.45, 2.75) is 43.8 Å². The molecule has 1 aliphatic carbocycles. The molecule has 0 aromatic heterocycles. The van der Waals surface area contributed by atoms with E-state index in [0.29, 0.717) is 54.7 Å². The highest BCUT2D eigenvalue weighted by Crippen LogP contribution is 2.38. The van der Waals surface area contributed by atoms with Crippen molar-refractivity contribution in [3.8, 4) is 16.9 Å². The summed E-state index contributed by atoms with van der Waals surface area (Å²) < 4.78 is 59.9. The molecule has 1 saturated carbocycles. The van der Waals surface area contributed by atoms with Crippen LogP contribution in [-0.4, -0.2) is 25.8 Å². The molecule has 182 valence electrons. The molecule has 4 nitrogen and oxygen atoms in total. The van der Waals surface area contributed by atoms with E-state index in [2.05, 4.69) is 0 Å². The Morgan fingerprint density at radius 1 is 0.886 bits per heavy atom. The molecule has 0 bridgehead atoms. The monoisotopic (exact) mass is 482 g/mol. The van der Waals surface area contributed by atoms with Gasteiger partial charge in [0.2, 0.25) is 0 Å². The molecule has 0 radical (unpaired) electrons. The van der Waals surface area contributed by atoms with Crippen molar-refractivity contribution in [3.63, 3.8) is 0 Å². The van der Waals surface area contributed by atoms with E-state index in [9.17, 15) is 13.6 Å². The third kappa shape index (κ3) is 4.91. The van der Waals surface area contributed by atoms with Crippen LogP contribution in [0.4, 0.5) is 13.2 Å². The van der Waals surface area contributed by atoms with Crippen LogP contribution in [0.3, 0.4) is 0 Å². The van der Waals surface area contributed by atoms with Crippen molar-refractivity contribution in [1.82, 2.24) is 0 Å². The molecule has 7 heteroatoms. The third-order valence-electron chi connectivity index (χ3n) is 6.82. The van der Waals surface area contributed by atoms with E-state index in [4.69, 9.17) is 14.2 Å². The maximum atomic E-state index is 15.0. The number of esters is 1. The van der Waals surface area contributed by atoms with E-state index in [1.807, 2.05) is 0 Å². The summed E-state index contributed by atoms with van der Waals surface area (Å²) in [5.41, 5.74) is 1.69. The first-order valence-electron chi connectivity index (χ1n) is 11.7. The zero-order valence-electron chi connectivity index (χ0n) is 19.2. The highest BCUT2D eigenvalue weighted by Gasteiger charge is 2.30. The van der Waals surface area contributed by atoms with Crippen LogP contribution in [0, 0.1) is 17.5 Å². The van der Waals surface area contributed by atoms with Gasteiger partial charge < -0.3 is 14.2 Å². The number of hydrogen-bond acceptors (Lipinski definition) is 4. The molecule has 3 aromatic carbocycles. The van der Waals surface area contributed by atoms with E-state index in [1.54, 1.807) is 49.6 Å². The molecule has 35 heavy (non-hydrogen) atoms. The Kier molecular flexibility index (Phi) is 6.52. The number of ether oxygens (including phenoxy) is 3. The fourth-order valence-electron chi connectivity index (χ4n) is 4.73. The molecule has 1 saturated heterocycles. The van der Waals surface area contributed by atoms with Crippen LogP contribution >= 0.6 is 0 Å². The summed E-state index contributed by atoms with van der Waals surface area (Å²) >= 11 is 0. The van der Waals surface area contributed by atoms with Gasteiger partial charge in [0.1, 0.15) is 23.8 Å². The zero-order valence-corrected chi connectivity index (χ0v) is 19.2. The molecule has 1 heterocycles. The first kappa shape index (κ1) is 23.4. The van der Waals surface area contributed by atoms with Crippen LogP contribution in [0.2, 0.25) is 0 Å². The van der Waals surface area contributed by atoms with Gasteiger partial charge >= 0.3 is 5.97 Å². The lowest BCUT2D eigenvalue weighted by Gasteiger charge is -2.29. The molecule has 1 atom stereocenters. The second-order valence-corrected chi connectivity index (χ2v) is 9.00. The highest BCUT2D eigenvalue weighted by atomic mass is 19.2. The van der Waals surface area contributed by atoms with Crippen molar-refractivity contribution in [2.24, 2.45) is 0 Å². The molecule has 2 fully saturated rings. The first-order chi connectivity index (χ1) is 16.9. The Bertz CT molecular complexity index is 1230. The van der Waals surface area contributed by atoms with Gasteiger partial charge in [-0.15, -0.1) is 0 Å². The minimum atomic E-state index is -0.872. The summed E-state index contributed by atoms with van der Waals surface area (Å²) in [4.78, 5) is 12.5. The third-order valence-corrected chi connectivity index (χ3v) is 6.82. The van der Waals surface area contributed by atoms with E-state index in [-0.39, 0.29) is 29.3 Å². The molecule has 5 rings (SSSR count). The average molecular weight is 482 g/mol. The van der Waals surface area contributed by atoms with Gasteiger partial charge in [-0.05, 0) is 67.0 Å². The molecule has 1 unspecified atom stereocenters. The van der Waals surface area contributed by atoms with Gasteiger partial charge in [-0.3, -0.25) is 0 Å². The SMILES string of the molecule is COc1ccc(-c2ccc(C3CCC(OC(=O)c4ccc(C5CO5)c(F)c4)CC3)c(F)c2F)cc1. The topological polar surface area (TPSA) is 48.1 Å². The molecule has 0 N–H and O–H groups in total. The summed E-state index contributed by atoms with van der Waals surface area (Å²) in [6.45, 7) is 0.485. The number of carbonyl (C=O) groups excluding carboxylic acids is 1. The lowest BCUT2D eigenvalue weighted by atomic mass is 9.82. The quantitative estimate of drug-likeness (QED) is 0.289. The van der Waals surface area contributed by atoms with Gasteiger partial charge in [-0.1, -0.05) is 30.3 Å². The number of hydrogen-bond donors (Lipinski definition) is 0. The zero-order chi connectivity index (χ0) is 24.5. The van der Waals surface area contributed by atoms with Gasteiger partial charge in [-0.25, -0.2) is 18.0 Å². The lowest BCUT2D eigenvalue weighted by molar-refractivity contribution is 0.0193. The van der Waals surface area contributed by atoms with Gasteiger partial charge in [0, 0.05) is 11.1 Å². The molecule has 0 spiro atoms. The number of epoxide rings is 1. The maximum Gasteiger partial charge on any atom is 0.338 e. The fraction of sp³-hybridized carbons (Fsp3) is 0.321. The van der Waals surface area contributed by atoms with Crippen molar-refractivity contribution >= 4 is 5.97 Å². The Hall–Kier alpha value is -3.32. The lowest BCUT2D eigenvalue weighted by Crippen LogP contribution is -2.24. The Morgan fingerprint density at radius 3 is 2.20 bits per heavy atom. The predicted octanol–water partition coefficient (Wildman–Crippen LogP) is 6.73. The smallest absolute Gasteiger partial charge is 0.338 e. The molecule has 0 amide bonds. The van der Waals surface area contributed by atoms with E-state index in [1.165, 1.54) is 12.1 Å². The molecular weight excluding hydrogens is 457 g/mol. The maximum absolute atomic E-state index is 15.0. The van der Waals surface area contributed by atoms with Crippen molar-refractivity contribution in [1.29, 1.82) is 0 Å². The number of benzene rings is 3. The minimum Gasteiger partial charge on any atom is -0.497 e. The summed E-state index contributed by atoms with van der Waals surface area (Å²) in [7, 11) is 1.54. The normalized spacial score (nSPS) is 21.4. The number of halogens is 3. The van der Waals surface area contributed by atoms with Crippen molar-refractivity contribution < 1.29 is 32.2 Å². The van der Waals surface area contributed by atoms with E-state index >= 15 is 4.39 Å². The Morgan fingerprint density at radius 2 is 1.57 bits per heavy atom. The summed E-state index contributed by atoms with van der Waals surface area (Å²) in [5, 5.41) is 0. The minimum absolute atomic E-state index is 0.149. The summed E-state index contributed by atoms with van der Waals surface area (Å²) in [6, 6.07) is 14.3. The largest absolute Gasteiger partial charge is 0.497 e. The average Bonchev–Trinajstić information content (AvgIpc) is 3.72. The number of methoxy groups -OCH3 is 1. The second-order valence-electron chi connectivity index (χ2n) is 9.00. The molecule has 2 aliphatic rings. The Balaban J connectivity index is 1.21. The van der Waals surface area contributed by atoms with Crippen LogP contribution < -0.4 is 4.74 Å².